The molecule has 0 bridgehead atoms. The molecule has 0 N–H and O–H groups in total. The summed E-state index contributed by atoms with van der Waals surface area (Å²) in [6, 6.07) is 7.96. The van der Waals surface area contributed by atoms with E-state index in [1.54, 1.807) is 18.1 Å². The second kappa shape index (κ2) is 9.12. The monoisotopic (exact) mass is 331 g/mol. The minimum atomic E-state index is 0.135. The van der Waals surface area contributed by atoms with Crippen molar-refractivity contribution in [2.75, 3.05) is 20.3 Å². The number of amides is 1. The molecule has 0 atom stereocenters. The first-order chi connectivity index (χ1) is 11.7. The van der Waals surface area contributed by atoms with Gasteiger partial charge in [0.2, 0.25) is 5.91 Å². The van der Waals surface area contributed by atoms with E-state index in [1.807, 2.05) is 29.2 Å². The molecule has 2 aromatic rings. The van der Waals surface area contributed by atoms with Gasteiger partial charge in [0, 0.05) is 19.7 Å². The summed E-state index contributed by atoms with van der Waals surface area (Å²) in [6.45, 7) is 5.41. The molecule has 1 aromatic carbocycles. The molecule has 2 rings (SSSR count). The van der Waals surface area contributed by atoms with Gasteiger partial charge in [-0.25, -0.2) is 4.68 Å². The fourth-order valence-electron chi connectivity index (χ4n) is 2.75. The lowest BCUT2D eigenvalue weighted by molar-refractivity contribution is -0.133. The van der Waals surface area contributed by atoms with E-state index in [4.69, 9.17) is 4.74 Å². The molecule has 0 fully saturated rings. The second-order valence-corrected chi connectivity index (χ2v) is 5.65. The van der Waals surface area contributed by atoms with Crippen LogP contribution in [-0.4, -0.2) is 57.3 Å². The van der Waals surface area contributed by atoms with Gasteiger partial charge in [0.1, 0.15) is 6.33 Å². The summed E-state index contributed by atoms with van der Waals surface area (Å²) in [5.74, 6) is 0.135. The molecule has 7 heteroatoms. The van der Waals surface area contributed by atoms with Gasteiger partial charge in [-0.15, -0.1) is 5.10 Å². The third kappa shape index (κ3) is 4.61. The molecule has 1 heterocycles. The van der Waals surface area contributed by atoms with Gasteiger partial charge >= 0.3 is 0 Å². The van der Waals surface area contributed by atoms with Crippen molar-refractivity contribution in [3.63, 3.8) is 0 Å². The zero-order valence-corrected chi connectivity index (χ0v) is 14.6. The van der Waals surface area contributed by atoms with Crippen LogP contribution in [0, 0.1) is 0 Å². The van der Waals surface area contributed by atoms with Crippen molar-refractivity contribution in [2.45, 2.75) is 39.2 Å². The summed E-state index contributed by atoms with van der Waals surface area (Å²) in [5, 5.41) is 11.1. The number of ether oxygens (including phenoxy) is 1. The Kier molecular flexibility index (Phi) is 6.87. The smallest absolute Gasteiger partial charge is 0.227 e. The van der Waals surface area contributed by atoms with Crippen LogP contribution in [0.25, 0.3) is 5.69 Å². The highest BCUT2D eigenvalue weighted by atomic mass is 16.5. The highest BCUT2D eigenvalue weighted by Crippen LogP contribution is 2.13. The van der Waals surface area contributed by atoms with Gasteiger partial charge in [-0.1, -0.05) is 26.0 Å². The molecule has 0 unspecified atom stereocenters. The number of benzene rings is 1. The van der Waals surface area contributed by atoms with Crippen LogP contribution >= 0.6 is 0 Å². The van der Waals surface area contributed by atoms with Crippen LogP contribution < -0.4 is 0 Å². The average Bonchev–Trinajstić information content (AvgIpc) is 3.14. The number of tetrazole rings is 1. The molecule has 0 spiro atoms. The molecule has 0 aliphatic rings. The Labute approximate surface area is 142 Å². The third-order valence-electron chi connectivity index (χ3n) is 4.15. The van der Waals surface area contributed by atoms with Crippen molar-refractivity contribution in [1.82, 2.24) is 25.1 Å². The first kappa shape index (κ1) is 18.1. The van der Waals surface area contributed by atoms with Crippen molar-refractivity contribution in [1.29, 1.82) is 0 Å². The molecule has 24 heavy (non-hydrogen) atoms. The quantitative estimate of drug-likeness (QED) is 0.701. The molecule has 130 valence electrons. The standard InChI is InChI=1S/C17H25N5O2/c1-4-15(5-2)21(10-11-24-3)17(23)12-14-6-8-16(9-7-14)22-13-18-19-20-22/h6-9,13,15H,4-5,10-12H2,1-3H3. The minimum Gasteiger partial charge on any atom is -0.383 e. The van der Waals surface area contributed by atoms with Gasteiger partial charge in [-0.3, -0.25) is 4.79 Å². The summed E-state index contributed by atoms with van der Waals surface area (Å²) < 4.78 is 6.74. The Morgan fingerprint density at radius 3 is 2.50 bits per heavy atom. The van der Waals surface area contributed by atoms with Crippen LogP contribution in [0.5, 0.6) is 0 Å². The van der Waals surface area contributed by atoms with Gasteiger partial charge < -0.3 is 9.64 Å². The number of methoxy groups -OCH3 is 1. The molecule has 0 saturated carbocycles. The number of rotatable bonds is 9. The number of nitrogens with zero attached hydrogens (tertiary/aromatic N) is 5. The van der Waals surface area contributed by atoms with E-state index in [0.717, 1.165) is 24.1 Å². The molecule has 7 nitrogen and oxygen atoms in total. The minimum absolute atomic E-state index is 0.135. The van der Waals surface area contributed by atoms with Gasteiger partial charge in [0.25, 0.3) is 0 Å². The largest absolute Gasteiger partial charge is 0.383 e. The predicted octanol–water partition coefficient (Wildman–Crippen LogP) is 1.87. The van der Waals surface area contributed by atoms with Crippen molar-refractivity contribution in [2.24, 2.45) is 0 Å². The normalized spacial score (nSPS) is 11.0. The SMILES string of the molecule is CCC(CC)N(CCOC)C(=O)Cc1ccc(-n2cnnn2)cc1. The Morgan fingerprint density at radius 2 is 1.96 bits per heavy atom. The number of carbonyl (C=O) groups is 1. The second-order valence-electron chi connectivity index (χ2n) is 5.65. The molecule has 0 saturated heterocycles. The van der Waals surface area contributed by atoms with Crippen molar-refractivity contribution in [3.05, 3.63) is 36.2 Å². The van der Waals surface area contributed by atoms with Crippen LogP contribution in [0.4, 0.5) is 0 Å². The highest BCUT2D eigenvalue weighted by Gasteiger charge is 2.20. The van der Waals surface area contributed by atoms with Crippen molar-refractivity contribution < 1.29 is 9.53 Å². The molecule has 0 aliphatic heterocycles. The maximum atomic E-state index is 12.7. The van der Waals surface area contributed by atoms with Crippen LogP contribution in [-0.2, 0) is 16.0 Å². The summed E-state index contributed by atoms with van der Waals surface area (Å²) in [5.41, 5.74) is 1.85. The zero-order chi connectivity index (χ0) is 17.4. The third-order valence-corrected chi connectivity index (χ3v) is 4.15. The van der Waals surface area contributed by atoms with Crippen LogP contribution in [0.15, 0.2) is 30.6 Å². The Bertz CT molecular complexity index is 608. The lowest BCUT2D eigenvalue weighted by Crippen LogP contribution is -2.42. The van der Waals surface area contributed by atoms with Crippen molar-refractivity contribution in [3.8, 4) is 5.69 Å². The fourth-order valence-corrected chi connectivity index (χ4v) is 2.75. The van der Waals surface area contributed by atoms with E-state index in [-0.39, 0.29) is 11.9 Å². The number of aromatic nitrogens is 4. The van der Waals surface area contributed by atoms with E-state index < -0.39 is 0 Å². The van der Waals surface area contributed by atoms with Gasteiger partial charge in [0.15, 0.2) is 0 Å². The topological polar surface area (TPSA) is 73.1 Å². The van der Waals surface area contributed by atoms with Gasteiger partial charge in [0.05, 0.1) is 18.7 Å². The van der Waals surface area contributed by atoms with Gasteiger partial charge in [-0.2, -0.15) is 0 Å². The maximum absolute atomic E-state index is 12.7. The summed E-state index contributed by atoms with van der Waals surface area (Å²) >= 11 is 0. The van der Waals surface area contributed by atoms with E-state index >= 15 is 0 Å². The number of carbonyl (C=O) groups excluding carboxylic acids is 1. The lowest BCUT2D eigenvalue weighted by atomic mass is 10.1. The van der Waals surface area contributed by atoms with Crippen LogP contribution in [0.3, 0.4) is 0 Å². The Hall–Kier alpha value is -2.28. The van der Waals surface area contributed by atoms with E-state index in [2.05, 4.69) is 29.4 Å². The van der Waals surface area contributed by atoms with E-state index in [1.165, 1.54) is 0 Å². The Balaban J connectivity index is 2.05. The van der Waals surface area contributed by atoms with Gasteiger partial charge in [-0.05, 0) is 41.0 Å². The predicted molar refractivity (Wildman–Crippen MR) is 90.8 cm³/mol. The number of hydrogen-bond acceptors (Lipinski definition) is 5. The Morgan fingerprint density at radius 1 is 1.25 bits per heavy atom. The fraction of sp³-hybridized carbons (Fsp3) is 0.529. The first-order valence-electron chi connectivity index (χ1n) is 8.30. The summed E-state index contributed by atoms with van der Waals surface area (Å²) in [4.78, 5) is 14.7. The highest BCUT2D eigenvalue weighted by molar-refractivity contribution is 5.79. The molecule has 1 amide bonds. The number of hydrogen-bond donors (Lipinski definition) is 0. The first-order valence-corrected chi connectivity index (χ1v) is 8.30. The molecular formula is C17H25N5O2. The summed E-state index contributed by atoms with van der Waals surface area (Å²) in [6.07, 6.45) is 3.82. The maximum Gasteiger partial charge on any atom is 0.227 e. The zero-order valence-electron chi connectivity index (χ0n) is 14.6. The average molecular weight is 331 g/mol. The van der Waals surface area contributed by atoms with Crippen molar-refractivity contribution >= 4 is 5.91 Å². The molecule has 0 aliphatic carbocycles. The van der Waals surface area contributed by atoms with Crippen LogP contribution in [0.1, 0.15) is 32.3 Å². The lowest BCUT2D eigenvalue weighted by Gasteiger charge is -2.30. The van der Waals surface area contributed by atoms with E-state index in [9.17, 15) is 4.79 Å². The summed E-state index contributed by atoms with van der Waals surface area (Å²) in [7, 11) is 1.66. The van der Waals surface area contributed by atoms with Crippen LogP contribution in [0.2, 0.25) is 0 Å². The van der Waals surface area contributed by atoms with E-state index in [0.29, 0.717) is 19.6 Å². The molecule has 0 radical (unpaired) electrons. The molecular weight excluding hydrogens is 306 g/mol. The molecule has 1 aromatic heterocycles.